The molecule has 0 aromatic carbocycles. The molecule has 1 aromatic heterocycles. The minimum atomic E-state index is 0.144. The van der Waals surface area contributed by atoms with Crippen molar-refractivity contribution in [3.8, 4) is 0 Å². The molecule has 0 N–H and O–H groups in total. The van der Waals surface area contributed by atoms with E-state index < -0.39 is 0 Å². The molecule has 21 heavy (non-hydrogen) atoms. The van der Waals surface area contributed by atoms with E-state index in [1.54, 1.807) is 0 Å². The maximum atomic E-state index is 12.7. The van der Waals surface area contributed by atoms with Gasteiger partial charge in [0.05, 0.1) is 12.1 Å². The predicted molar refractivity (Wildman–Crippen MR) is 80.3 cm³/mol. The van der Waals surface area contributed by atoms with E-state index in [1.165, 1.54) is 12.8 Å². The van der Waals surface area contributed by atoms with Gasteiger partial charge in [-0.05, 0) is 57.8 Å². The molecule has 2 atom stereocenters. The third-order valence-electron chi connectivity index (χ3n) is 4.91. The molecule has 5 nitrogen and oxygen atoms in total. The van der Waals surface area contributed by atoms with Crippen LogP contribution < -0.4 is 0 Å². The first-order valence-corrected chi connectivity index (χ1v) is 8.06. The van der Waals surface area contributed by atoms with Gasteiger partial charge >= 0.3 is 0 Å². The lowest BCUT2D eigenvalue weighted by Crippen LogP contribution is -2.47. The van der Waals surface area contributed by atoms with Crippen molar-refractivity contribution in [3.05, 3.63) is 16.5 Å². The van der Waals surface area contributed by atoms with Gasteiger partial charge < -0.3 is 14.3 Å². The van der Waals surface area contributed by atoms with E-state index in [0.717, 1.165) is 31.5 Å². The number of carbonyl (C=O) groups is 1. The Hall–Kier alpha value is -1.07. The van der Waals surface area contributed by atoms with Crippen molar-refractivity contribution in [2.75, 3.05) is 20.1 Å². The topological polar surface area (TPSA) is 49.6 Å². The van der Waals surface area contributed by atoms with Crippen LogP contribution in [-0.4, -0.2) is 53.1 Å². The van der Waals surface area contributed by atoms with E-state index in [9.17, 15) is 4.79 Å². The number of aryl methyl sites for hydroxylation is 1. The van der Waals surface area contributed by atoms with Crippen LogP contribution in [0.1, 0.15) is 36.9 Å². The van der Waals surface area contributed by atoms with Gasteiger partial charge in [0.15, 0.2) is 0 Å². The van der Waals surface area contributed by atoms with Crippen molar-refractivity contribution in [3.63, 3.8) is 0 Å². The zero-order valence-corrected chi connectivity index (χ0v) is 13.4. The fraction of sp³-hybridized carbons (Fsp3) is 0.733. The average Bonchev–Trinajstić information content (AvgIpc) is 3.14. The third-order valence-corrected chi connectivity index (χ3v) is 5.20. The molecule has 0 radical (unpaired) electrons. The summed E-state index contributed by atoms with van der Waals surface area (Å²) in [7, 11) is 2.17. The summed E-state index contributed by atoms with van der Waals surface area (Å²) in [6.45, 7) is 3.82. The van der Waals surface area contributed by atoms with Crippen molar-refractivity contribution >= 4 is 17.5 Å². The molecular weight excluding hydrogens is 290 g/mol. The van der Waals surface area contributed by atoms with E-state index in [2.05, 4.69) is 22.0 Å². The molecule has 3 heterocycles. The minimum Gasteiger partial charge on any atom is -0.344 e. The summed E-state index contributed by atoms with van der Waals surface area (Å²) in [6, 6.07) is 0.861. The second-order valence-corrected chi connectivity index (χ2v) is 6.53. The molecule has 1 aromatic rings. The highest BCUT2D eigenvalue weighted by Crippen LogP contribution is 2.30. The normalized spacial score (nSPS) is 26.7. The minimum absolute atomic E-state index is 0.144. The van der Waals surface area contributed by atoms with Gasteiger partial charge in [0.1, 0.15) is 0 Å². The van der Waals surface area contributed by atoms with Gasteiger partial charge in [-0.25, -0.2) is 0 Å². The number of likely N-dealkylation sites (N-methyl/N-ethyl adjacent to an activating group) is 1. The Morgan fingerprint density at radius 1 is 1.33 bits per heavy atom. The smallest absolute Gasteiger partial charge is 0.229 e. The number of aromatic nitrogens is 1. The van der Waals surface area contributed by atoms with Gasteiger partial charge in [-0.15, -0.1) is 0 Å². The Bertz CT molecular complexity index is 511. The fourth-order valence-corrected chi connectivity index (χ4v) is 3.97. The van der Waals surface area contributed by atoms with Crippen LogP contribution in [0, 0.1) is 6.92 Å². The molecule has 0 aliphatic carbocycles. The van der Waals surface area contributed by atoms with Crippen molar-refractivity contribution in [1.82, 2.24) is 15.0 Å². The van der Waals surface area contributed by atoms with Crippen molar-refractivity contribution < 1.29 is 9.32 Å². The highest BCUT2D eigenvalue weighted by molar-refractivity contribution is 6.29. The summed E-state index contributed by atoms with van der Waals surface area (Å²) in [5.74, 6) is 0.144. The third kappa shape index (κ3) is 2.81. The number of halogens is 1. The lowest BCUT2D eigenvalue weighted by Gasteiger charge is -2.33. The van der Waals surface area contributed by atoms with Crippen LogP contribution in [0.4, 0.5) is 0 Å². The van der Waals surface area contributed by atoms with Crippen molar-refractivity contribution in [1.29, 1.82) is 0 Å². The van der Waals surface area contributed by atoms with Gasteiger partial charge in [0.2, 0.25) is 11.1 Å². The molecule has 0 bridgehead atoms. The van der Waals surface area contributed by atoms with Gasteiger partial charge in [0, 0.05) is 24.2 Å². The molecule has 0 saturated carbocycles. The maximum absolute atomic E-state index is 12.7. The standard InChI is InChI=1S/C15H22ClN3O2/c1-10-11(15(16)21-17-10)9-14(20)19-8-4-6-13(19)12-5-3-7-18(12)2/h12-13H,3-9H2,1-2H3. The lowest BCUT2D eigenvalue weighted by atomic mass is 10.0. The molecule has 1 amide bonds. The Morgan fingerprint density at radius 2 is 2.05 bits per heavy atom. The van der Waals surface area contributed by atoms with E-state index in [-0.39, 0.29) is 11.1 Å². The fourth-order valence-electron chi connectivity index (χ4n) is 3.74. The first-order valence-electron chi connectivity index (χ1n) is 7.68. The molecule has 2 saturated heterocycles. The molecule has 3 rings (SSSR count). The second-order valence-electron chi connectivity index (χ2n) is 6.18. The SMILES string of the molecule is Cc1noc(Cl)c1CC(=O)N1CCCC1C1CCCN1C. The Balaban J connectivity index is 1.71. The van der Waals surface area contributed by atoms with E-state index in [4.69, 9.17) is 16.1 Å². The summed E-state index contributed by atoms with van der Waals surface area (Å²) in [4.78, 5) is 17.1. The van der Waals surface area contributed by atoms with E-state index >= 15 is 0 Å². The molecule has 2 fully saturated rings. The van der Waals surface area contributed by atoms with E-state index in [1.807, 2.05) is 6.92 Å². The Morgan fingerprint density at radius 3 is 2.67 bits per heavy atom. The summed E-state index contributed by atoms with van der Waals surface area (Å²) in [6.07, 6.45) is 4.92. The second kappa shape index (κ2) is 5.97. The molecule has 6 heteroatoms. The summed E-state index contributed by atoms with van der Waals surface area (Å²) >= 11 is 5.97. The van der Waals surface area contributed by atoms with Gasteiger partial charge in [-0.3, -0.25) is 4.79 Å². The summed E-state index contributed by atoms with van der Waals surface area (Å²) < 4.78 is 4.94. The number of likely N-dealkylation sites (tertiary alicyclic amines) is 2. The maximum Gasteiger partial charge on any atom is 0.229 e. The number of rotatable bonds is 3. The van der Waals surface area contributed by atoms with Gasteiger partial charge in [0.25, 0.3) is 0 Å². The predicted octanol–water partition coefficient (Wildman–Crippen LogP) is 2.26. The summed E-state index contributed by atoms with van der Waals surface area (Å²) in [5, 5.41) is 4.06. The van der Waals surface area contributed by atoms with Gasteiger partial charge in [-0.1, -0.05) is 5.16 Å². The number of amides is 1. The number of hydrogen-bond acceptors (Lipinski definition) is 4. The largest absolute Gasteiger partial charge is 0.344 e. The Kier molecular flexibility index (Phi) is 4.22. The highest BCUT2D eigenvalue weighted by Gasteiger charge is 2.38. The number of nitrogens with zero attached hydrogens (tertiary/aromatic N) is 3. The molecule has 0 spiro atoms. The molecule has 2 aliphatic rings. The van der Waals surface area contributed by atoms with Crippen LogP contribution in [0.15, 0.2) is 4.52 Å². The molecule has 2 aliphatic heterocycles. The first kappa shape index (κ1) is 14.9. The molecule has 2 unspecified atom stereocenters. The zero-order chi connectivity index (χ0) is 15.0. The van der Waals surface area contributed by atoms with Crippen LogP contribution in [0.3, 0.4) is 0 Å². The monoisotopic (exact) mass is 311 g/mol. The highest BCUT2D eigenvalue weighted by atomic mass is 35.5. The average molecular weight is 312 g/mol. The molecular formula is C15H22ClN3O2. The summed E-state index contributed by atoms with van der Waals surface area (Å²) in [5.41, 5.74) is 1.44. The van der Waals surface area contributed by atoms with Crippen LogP contribution in [0.2, 0.25) is 5.22 Å². The van der Waals surface area contributed by atoms with Crippen LogP contribution >= 0.6 is 11.6 Å². The number of carbonyl (C=O) groups excluding carboxylic acids is 1. The van der Waals surface area contributed by atoms with Crippen LogP contribution in [0.5, 0.6) is 0 Å². The van der Waals surface area contributed by atoms with Gasteiger partial charge in [-0.2, -0.15) is 0 Å². The molecule has 116 valence electrons. The zero-order valence-electron chi connectivity index (χ0n) is 12.6. The lowest BCUT2D eigenvalue weighted by molar-refractivity contribution is -0.132. The number of hydrogen-bond donors (Lipinski definition) is 0. The van der Waals surface area contributed by atoms with Crippen molar-refractivity contribution in [2.45, 2.75) is 51.1 Å². The van der Waals surface area contributed by atoms with E-state index in [0.29, 0.717) is 24.2 Å². The van der Waals surface area contributed by atoms with Crippen LogP contribution in [0.25, 0.3) is 0 Å². The quantitative estimate of drug-likeness (QED) is 0.859. The van der Waals surface area contributed by atoms with Crippen molar-refractivity contribution in [2.24, 2.45) is 0 Å². The Labute approximate surface area is 130 Å². The van der Waals surface area contributed by atoms with Crippen LogP contribution in [-0.2, 0) is 11.2 Å². The first-order chi connectivity index (χ1) is 10.1.